The van der Waals surface area contributed by atoms with Crippen LogP contribution in [0, 0.1) is 13.1 Å². The van der Waals surface area contributed by atoms with E-state index in [4.69, 9.17) is 0 Å². The summed E-state index contributed by atoms with van der Waals surface area (Å²) < 4.78 is 0. The molecule has 2 nitrogen and oxygen atoms in total. The Morgan fingerprint density at radius 2 is 2.25 bits per heavy atom. The molecule has 0 aromatic carbocycles. The Morgan fingerprint density at radius 1 is 1.50 bits per heavy atom. The van der Waals surface area contributed by atoms with E-state index in [2.05, 4.69) is 23.1 Å². The number of rotatable bonds is 2. The van der Waals surface area contributed by atoms with Gasteiger partial charge in [-0.1, -0.05) is 6.92 Å². The highest BCUT2D eigenvalue weighted by Crippen LogP contribution is 2.37. The van der Waals surface area contributed by atoms with Crippen LogP contribution in [0.2, 0.25) is 0 Å². The van der Waals surface area contributed by atoms with Crippen molar-refractivity contribution in [3.8, 4) is 0 Å². The zero-order valence-electron chi connectivity index (χ0n) is 7.59. The Balaban J connectivity index is 2.30. The Morgan fingerprint density at radius 3 is 2.75 bits per heavy atom. The third-order valence-electron chi connectivity index (χ3n) is 2.32. The summed E-state index contributed by atoms with van der Waals surface area (Å²) >= 11 is 0. The minimum atomic E-state index is 0.644. The molecule has 63 valence electrons. The molecule has 0 saturated heterocycles. The number of hydrogen-bond donors (Lipinski definition) is 0. The van der Waals surface area contributed by atoms with E-state index < -0.39 is 0 Å². The van der Waals surface area contributed by atoms with Gasteiger partial charge in [-0.3, -0.25) is 0 Å². The second kappa shape index (κ2) is 2.85. The van der Waals surface area contributed by atoms with Crippen LogP contribution >= 0.6 is 0 Å². The minimum Gasteiger partial charge on any atom is -0.238 e. The van der Waals surface area contributed by atoms with Gasteiger partial charge in [0.25, 0.3) is 0 Å². The van der Waals surface area contributed by atoms with E-state index in [0.717, 1.165) is 23.5 Å². The lowest BCUT2D eigenvalue weighted by Crippen LogP contribution is -1.99. The molecule has 0 aliphatic heterocycles. The van der Waals surface area contributed by atoms with Gasteiger partial charge in [-0.2, -0.15) is 0 Å². The molecule has 2 heteroatoms. The Bertz CT molecular complexity index is 290. The highest BCUT2D eigenvalue weighted by atomic mass is 14.9. The molecular formula is C10H13N2. The standard InChI is InChI=1S/C10H13N2/c1-3-8-6-11-10(9-4-5-9)12-7(8)2/h9H,3-5H2,1-2H3. The largest absolute Gasteiger partial charge is 0.238 e. The summed E-state index contributed by atoms with van der Waals surface area (Å²) in [5.74, 6) is 1.65. The van der Waals surface area contributed by atoms with E-state index >= 15 is 0 Å². The number of aromatic nitrogens is 2. The van der Waals surface area contributed by atoms with Crippen LogP contribution in [-0.2, 0) is 6.42 Å². The highest BCUT2D eigenvalue weighted by Gasteiger charge is 2.26. The highest BCUT2D eigenvalue weighted by molar-refractivity contribution is 5.17. The van der Waals surface area contributed by atoms with Gasteiger partial charge >= 0.3 is 0 Å². The lowest BCUT2D eigenvalue weighted by molar-refractivity contribution is 0.872. The van der Waals surface area contributed by atoms with Crippen molar-refractivity contribution in [2.75, 3.05) is 0 Å². The van der Waals surface area contributed by atoms with Crippen molar-refractivity contribution < 1.29 is 0 Å². The molecule has 2 rings (SSSR count). The molecule has 1 radical (unpaired) electrons. The molecule has 1 aliphatic rings. The van der Waals surface area contributed by atoms with Crippen molar-refractivity contribution >= 4 is 0 Å². The van der Waals surface area contributed by atoms with Gasteiger partial charge in [0, 0.05) is 17.2 Å². The van der Waals surface area contributed by atoms with Gasteiger partial charge in [0.15, 0.2) is 0 Å². The van der Waals surface area contributed by atoms with E-state index in [-0.39, 0.29) is 0 Å². The summed E-state index contributed by atoms with van der Waals surface area (Å²) in [5.41, 5.74) is 2.26. The molecule has 1 aromatic heterocycles. The summed E-state index contributed by atoms with van der Waals surface area (Å²) in [4.78, 5) is 8.70. The zero-order valence-corrected chi connectivity index (χ0v) is 7.59. The van der Waals surface area contributed by atoms with Crippen LogP contribution < -0.4 is 0 Å². The minimum absolute atomic E-state index is 0.644. The molecule has 0 spiro atoms. The van der Waals surface area contributed by atoms with Gasteiger partial charge in [0.1, 0.15) is 5.82 Å². The van der Waals surface area contributed by atoms with Crippen molar-refractivity contribution in [1.82, 2.24) is 9.97 Å². The first kappa shape index (κ1) is 7.71. The van der Waals surface area contributed by atoms with Crippen LogP contribution in [0.25, 0.3) is 0 Å². The lowest BCUT2D eigenvalue weighted by atomic mass is 10.2. The number of aryl methyl sites for hydroxylation is 2. The monoisotopic (exact) mass is 161 g/mol. The summed E-state index contributed by atoms with van der Waals surface area (Å²) in [6.45, 7) is 4.15. The lowest BCUT2D eigenvalue weighted by Gasteiger charge is -2.02. The molecule has 1 aromatic rings. The molecule has 0 amide bonds. The van der Waals surface area contributed by atoms with E-state index in [1.165, 1.54) is 12.8 Å². The Hall–Kier alpha value is -0.920. The molecule has 0 N–H and O–H groups in total. The third-order valence-corrected chi connectivity index (χ3v) is 2.32. The molecule has 1 fully saturated rings. The van der Waals surface area contributed by atoms with Crippen molar-refractivity contribution in [2.24, 2.45) is 0 Å². The fourth-order valence-electron chi connectivity index (χ4n) is 1.33. The first-order valence-corrected chi connectivity index (χ1v) is 4.56. The van der Waals surface area contributed by atoms with Crippen molar-refractivity contribution in [3.63, 3.8) is 0 Å². The average molecular weight is 161 g/mol. The van der Waals surface area contributed by atoms with Crippen LogP contribution in [0.15, 0.2) is 0 Å². The smallest absolute Gasteiger partial charge is 0.132 e. The quantitative estimate of drug-likeness (QED) is 0.663. The fraction of sp³-hybridized carbons (Fsp3) is 0.600. The SMILES string of the molecule is CCc1[c]nc(C2CC2)nc1C. The van der Waals surface area contributed by atoms with E-state index in [0.29, 0.717) is 5.92 Å². The van der Waals surface area contributed by atoms with Gasteiger partial charge < -0.3 is 0 Å². The number of nitrogens with zero attached hydrogens (tertiary/aromatic N) is 2. The maximum absolute atomic E-state index is 4.46. The maximum Gasteiger partial charge on any atom is 0.132 e. The van der Waals surface area contributed by atoms with Crippen molar-refractivity contribution in [1.29, 1.82) is 0 Å². The van der Waals surface area contributed by atoms with Gasteiger partial charge in [-0.25, -0.2) is 9.97 Å². The van der Waals surface area contributed by atoms with Gasteiger partial charge in [-0.05, 0) is 26.2 Å². The van der Waals surface area contributed by atoms with Crippen molar-refractivity contribution in [2.45, 2.75) is 39.0 Å². The predicted molar refractivity (Wildman–Crippen MR) is 47.0 cm³/mol. The van der Waals surface area contributed by atoms with Gasteiger partial charge in [0.05, 0.1) is 6.20 Å². The van der Waals surface area contributed by atoms with E-state index in [9.17, 15) is 0 Å². The average Bonchev–Trinajstić information content (AvgIpc) is 2.86. The molecule has 0 unspecified atom stereocenters. The maximum atomic E-state index is 4.46. The predicted octanol–water partition coefficient (Wildman–Crippen LogP) is 2.03. The van der Waals surface area contributed by atoms with Gasteiger partial charge in [-0.15, -0.1) is 0 Å². The van der Waals surface area contributed by atoms with Crippen LogP contribution in [0.5, 0.6) is 0 Å². The van der Waals surface area contributed by atoms with Crippen molar-refractivity contribution in [3.05, 3.63) is 23.3 Å². The second-order valence-corrected chi connectivity index (χ2v) is 3.39. The summed E-state index contributed by atoms with van der Waals surface area (Å²) in [7, 11) is 0. The molecule has 12 heavy (non-hydrogen) atoms. The van der Waals surface area contributed by atoms with Crippen LogP contribution in [0.3, 0.4) is 0 Å². The van der Waals surface area contributed by atoms with Crippen LogP contribution in [0.4, 0.5) is 0 Å². The van der Waals surface area contributed by atoms with Gasteiger partial charge in [0.2, 0.25) is 0 Å². The second-order valence-electron chi connectivity index (χ2n) is 3.39. The first-order chi connectivity index (χ1) is 5.81. The normalized spacial score (nSPS) is 16.5. The van der Waals surface area contributed by atoms with E-state index in [1.807, 2.05) is 6.92 Å². The first-order valence-electron chi connectivity index (χ1n) is 4.56. The molecular weight excluding hydrogens is 148 g/mol. The van der Waals surface area contributed by atoms with Crippen LogP contribution in [0.1, 0.15) is 42.8 Å². The molecule has 1 saturated carbocycles. The Labute approximate surface area is 73.1 Å². The molecule has 0 bridgehead atoms. The summed E-state index contributed by atoms with van der Waals surface area (Å²) in [6, 6.07) is 0. The summed E-state index contributed by atoms with van der Waals surface area (Å²) in [5, 5.41) is 0. The summed E-state index contributed by atoms with van der Waals surface area (Å²) in [6.07, 6.45) is 6.57. The Kier molecular flexibility index (Phi) is 1.83. The fourth-order valence-corrected chi connectivity index (χ4v) is 1.33. The molecule has 1 aliphatic carbocycles. The third kappa shape index (κ3) is 1.33. The topological polar surface area (TPSA) is 25.8 Å². The van der Waals surface area contributed by atoms with E-state index in [1.54, 1.807) is 0 Å². The number of hydrogen-bond acceptors (Lipinski definition) is 2. The molecule has 0 atom stereocenters. The zero-order chi connectivity index (χ0) is 8.55. The molecule has 1 heterocycles. The van der Waals surface area contributed by atoms with Crippen LogP contribution in [-0.4, -0.2) is 9.97 Å².